The molecule has 0 fully saturated rings. The summed E-state index contributed by atoms with van der Waals surface area (Å²) in [5, 5.41) is 18.2. The molecule has 0 saturated heterocycles. The van der Waals surface area contributed by atoms with Crippen LogP contribution >= 0.6 is 0 Å². The molecule has 2 rings (SSSR count). The second-order valence-corrected chi connectivity index (χ2v) is 3.15. The van der Waals surface area contributed by atoms with E-state index in [1.165, 1.54) is 6.07 Å². The van der Waals surface area contributed by atoms with Gasteiger partial charge in [-0.3, -0.25) is 0 Å². The number of aliphatic hydroxyl groups excluding tert-OH is 1. The average Bonchev–Trinajstić information content (AvgIpc) is 2.46. The van der Waals surface area contributed by atoms with Gasteiger partial charge in [0, 0.05) is 18.6 Å². The van der Waals surface area contributed by atoms with Gasteiger partial charge in [-0.25, -0.2) is 4.79 Å². The van der Waals surface area contributed by atoms with Crippen LogP contribution in [-0.4, -0.2) is 22.8 Å². The van der Waals surface area contributed by atoms with Crippen molar-refractivity contribution in [1.82, 2.24) is 0 Å². The molecule has 0 aromatic heterocycles. The molecule has 1 aromatic carbocycles. The molecule has 0 amide bonds. The number of hydrogen-bond donors (Lipinski definition) is 2. The van der Waals surface area contributed by atoms with Crippen molar-refractivity contribution in [3.8, 4) is 5.75 Å². The lowest BCUT2D eigenvalue weighted by Crippen LogP contribution is -2.00. The Morgan fingerprint density at radius 2 is 2.21 bits per heavy atom. The fourth-order valence-corrected chi connectivity index (χ4v) is 1.63. The maximum atomic E-state index is 11.3. The van der Waals surface area contributed by atoms with E-state index in [-0.39, 0.29) is 17.9 Å². The van der Waals surface area contributed by atoms with Gasteiger partial charge in [0.15, 0.2) is 0 Å². The van der Waals surface area contributed by atoms with Crippen LogP contribution in [0, 0.1) is 0 Å². The fourth-order valence-electron chi connectivity index (χ4n) is 1.63. The summed E-state index contributed by atoms with van der Waals surface area (Å²) in [6.45, 7) is -0.0486. The van der Waals surface area contributed by atoms with E-state index in [1.807, 2.05) is 0 Å². The Labute approximate surface area is 80.7 Å². The summed E-state index contributed by atoms with van der Waals surface area (Å²) in [5.41, 5.74) is 0.884. The molecule has 0 unspecified atom stereocenters. The minimum Gasteiger partial charge on any atom is -0.507 e. The highest BCUT2D eigenvalue weighted by molar-refractivity contribution is 5.96. The van der Waals surface area contributed by atoms with Crippen LogP contribution < -0.4 is 0 Å². The Balaban J connectivity index is 2.44. The number of carbonyl (C=O) groups excluding carboxylic acids is 1. The molecule has 1 heterocycles. The van der Waals surface area contributed by atoms with Crippen LogP contribution in [0.2, 0.25) is 0 Å². The molecule has 1 aromatic rings. The van der Waals surface area contributed by atoms with Gasteiger partial charge in [-0.2, -0.15) is 0 Å². The number of aromatic hydroxyl groups is 1. The number of hydrogen-bond acceptors (Lipinski definition) is 4. The van der Waals surface area contributed by atoms with E-state index in [9.17, 15) is 9.90 Å². The van der Waals surface area contributed by atoms with Crippen LogP contribution in [-0.2, 0) is 4.74 Å². The van der Waals surface area contributed by atoms with Gasteiger partial charge in [-0.05, 0) is 6.07 Å². The molecule has 1 aliphatic heterocycles. The quantitative estimate of drug-likeness (QED) is 0.689. The van der Waals surface area contributed by atoms with Crippen LogP contribution in [0.25, 0.3) is 0 Å². The maximum Gasteiger partial charge on any atom is 0.342 e. The molecule has 0 bridgehead atoms. The second-order valence-electron chi connectivity index (χ2n) is 3.15. The fraction of sp³-hybridized carbons (Fsp3) is 0.300. The van der Waals surface area contributed by atoms with E-state index in [1.54, 1.807) is 12.1 Å². The van der Waals surface area contributed by atoms with Gasteiger partial charge < -0.3 is 14.9 Å². The molecule has 0 saturated carbocycles. The van der Waals surface area contributed by atoms with Crippen molar-refractivity contribution in [2.24, 2.45) is 0 Å². The summed E-state index contributed by atoms with van der Waals surface area (Å²) in [6.07, 6.45) is -0.0584. The summed E-state index contributed by atoms with van der Waals surface area (Å²) in [4.78, 5) is 11.3. The number of benzene rings is 1. The van der Waals surface area contributed by atoms with Gasteiger partial charge in [0.25, 0.3) is 0 Å². The first-order valence-corrected chi connectivity index (χ1v) is 4.37. The molecule has 1 atom stereocenters. The predicted octanol–water partition coefficient (Wildman–Crippen LogP) is 0.986. The van der Waals surface area contributed by atoms with Crippen molar-refractivity contribution in [3.63, 3.8) is 0 Å². The van der Waals surface area contributed by atoms with E-state index in [4.69, 9.17) is 9.84 Å². The zero-order chi connectivity index (χ0) is 10.1. The minimum absolute atomic E-state index is 0.0486. The molecule has 0 radical (unpaired) electrons. The molecular weight excluding hydrogens is 184 g/mol. The van der Waals surface area contributed by atoms with Crippen molar-refractivity contribution in [1.29, 1.82) is 0 Å². The van der Waals surface area contributed by atoms with Crippen LogP contribution in [0.5, 0.6) is 5.75 Å². The number of aliphatic hydroxyl groups is 1. The van der Waals surface area contributed by atoms with E-state index in [2.05, 4.69) is 0 Å². The van der Waals surface area contributed by atoms with Gasteiger partial charge in [-0.1, -0.05) is 12.1 Å². The summed E-state index contributed by atoms with van der Waals surface area (Å²) in [5.74, 6) is -0.579. The van der Waals surface area contributed by atoms with Gasteiger partial charge in [0.05, 0.1) is 0 Å². The number of rotatable bonds is 2. The molecular formula is C10H10O4. The van der Waals surface area contributed by atoms with Crippen LogP contribution in [0.3, 0.4) is 0 Å². The molecule has 0 aliphatic carbocycles. The number of esters is 1. The minimum atomic E-state index is -0.517. The lowest BCUT2D eigenvalue weighted by Gasteiger charge is -2.07. The summed E-state index contributed by atoms with van der Waals surface area (Å²) >= 11 is 0. The van der Waals surface area contributed by atoms with Crippen LogP contribution in [0.1, 0.15) is 28.4 Å². The van der Waals surface area contributed by atoms with Crippen molar-refractivity contribution < 1.29 is 19.7 Å². The van der Waals surface area contributed by atoms with Crippen LogP contribution in [0.15, 0.2) is 18.2 Å². The van der Waals surface area contributed by atoms with E-state index in [0.29, 0.717) is 12.0 Å². The molecule has 4 nitrogen and oxygen atoms in total. The third kappa shape index (κ3) is 1.24. The molecule has 4 heteroatoms. The maximum absolute atomic E-state index is 11.3. The molecule has 0 spiro atoms. The van der Waals surface area contributed by atoms with Crippen LogP contribution in [0.4, 0.5) is 0 Å². The number of cyclic esters (lactones) is 1. The summed E-state index contributed by atoms with van der Waals surface area (Å²) in [7, 11) is 0. The number of phenols is 1. The van der Waals surface area contributed by atoms with E-state index in [0.717, 1.165) is 0 Å². The number of fused-ring (bicyclic) bond motifs is 1. The highest BCUT2D eigenvalue weighted by Gasteiger charge is 2.32. The molecule has 1 aliphatic rings. The Bertz CT molecular complexity index is 372. The normalized spacial score (nSPS) is 19.2. The lowest BCUT2D eigenvalue weighted by molar-refractivity contribution is 0.0331. The molecule has 74 valence electrons. The number of ether oxygens (including phenoxy) is 1. The Morgan fingerprint density at radius 1 is 1.43 bits per heavy atom. The smallest absolute Gasteiger partial charge is 0.342 e. The third-order valence-electron chi connectivity index (χ3n) is 2.27. The first-order valence-electron chi connectivity index (χ1n) is 4.37. The van der Waals surface area contributed by atoms with Gasteiger partial charge >= 0.3 is 5.97 Å². The first-order chi connectivity index (χ1) is 6.74. The average molecular weight is 194 g/mol. The highest BCUT2D eigenvalue weighted by atomic mass is 16.5. The van der Waals surface area contributed by atoms with Gasteiger partial charge in [0.2, 0.25) is 0 Å². The van der Waals surface area contributed by atoms with Crippen molar-refractivity contribution in [3.05, 3.63) is 29.3 Å². The van der Waals surface area contributed by atoms with Crippen molar-refractivity contribution in [2.45, 2.75) is 12.5 Å². The second kappa shape index (κ2) is 3.31. The lowest BCUT2D eigenvalue weighted by atomic mass is 10.0. The Hall–Kier alpha value is -1.55. The first kappa shape index (κ1) is 9.02. The summed E-state index contributed by atoms with van der Waals surface area (Å²) in [6, 6.07) is 4.82. The molecule has 14 heavy (non-hydrogen) atoms. The van der Waals surface area contributed by atoms with Crippen molar-refractivity contribution >= 4 is 5.97 Å². The zero-order valence-corrected chi connectivity index (χ0v) is 7.43. The van der Waals surface area contributed by atoms with Crippen molar-refractivity contribution in [2.75, 3.05) is 6.61 Å². The number of phenolic OH excluding ortho intramolecular Hbond substituents is 1. The monoisotopic (exact) mass is 194 g/mol. The van der Waals surface area contributed by atoms with Gasteiger partial charge in [0.1, 0.15) is 17.4 Å². The Morgan fingerprint density at radius 3 is 2.93 bits per heavy atom. The van der Waals surface area contributed by atoms with E-state index < -0.39 is 12.1 Å². The predicted molar refractivity (Wildman–Crippen MR) is 48.0 cm³/mol. The highest BCUT2D eigenvalue weighted by Crippen LogP contribution is 2.37. The number of carbonyl (C=O) groups is 1. The van der Waals surface area contributed by atoms with E-state index >= 15 is 0 Å². The third-order valence-corrected chi connectivity index (χ3v) is 2.27. The topological polar surface area (TPSA) is 66.8 Å². The standard InChI is InChI=1S/C10H10O4/c11-5-4-8-6-2-1-3-7(12)9(6)10(13)14-8/h1-3,8,11-12H,4-5H2/t8-/m0/s1. The largest absolute Gasteiger partial charge is 0.507 e. The molecule has 2 N–H and O–H groups in total. The summed E-state index contributed by atoms with van der Waals surface area (Å²) < 4.78 is 4.99. The Kier molecular flexibility index (Phi) is 2.13. The SMILES string of the molecule is O=C1O[C@@H](CCO)c2cccc(O)c21. The van der Waals surface area contributed by atoms with Gasteiger partial charge in [-0.15, -0.1) is 0 Å². The zero-order valence-electron chi connectivity index (χ0n) is 7.43.